The minimum absolute atomic E-state index is 0.0928. The molecule has 2 fully saturated rings. The van der Waals surface area contributed by atoms with E-state index in [0.717, 1.165) is 12.0 Å². The van der Waals surface area contributed by atoms with Crippen LogP contribution in [0.25, 0.3) is 0 Å². The fourth-order valence-corrected chi connectivity index (χ4v) is 3.28. The third-order valence-electron chi connectivity index (χ3n) is 4.68. The second-order valence-corrected chi connectivity index (χ2v) is 6.05. The summed E-state index contributed by atoms with van der Waals surface area (Å²) in [6.07, 6.45) is 1.78. The van der Waals surface area contributed by atoms with E-state index in [9.17, 15) is 9.18 Å². The lowest BCUT2D eigenvalue weighted by molar-refractivity contribution is -0.146. The van der Waals surface area contributed by atoms with E-state index in [4.69, 9.17) is 9.63 Å². The van der Waals surface area contributed by atoms with Crippen molar-refractivity contribution in [2.45, 2.75) is 25.3 Å². The minimum Gasteiger partial charge on any atom is -0.481 e. The highest BCUT2D eigenvalue weighted by atomic mass is 19.1. The van der Waals surface area contributed by atoms with Crippen LogP contribution < -0.4 is 5.32 Å². The lowest BCUT2D eigenvalue weighted by Crippen LogP contribution is -2.41. The smallest absolute Gasteiger partial charge is 0.321 e. The number of carboxylic acid groups (broad SMARTS) is 1. The van der Waals surface area contributed by atoms with Crippen molar-refractivity contribution in [3.8, 4) is 0 Å². The van der Waals surface area contributed by atoms with Gasteiger partial charge in [0.05, 0.1) is 5.41 Å². The molecule has 22 heavy (non-hydrogen) atoms. The third-order valence-corrected chi connectivity index (χ3v) is 4.68. The Hall–Kier alpha value is -2.44. The lowest BCUT2D eigenvalue weighted by atomic mass is 9.80. The van der Waals surface area contributed by atoms with Gasteiger partial charge in [0.15, 0.2) is 5.82 Å². The topological polar surface area (TPSA) is 88.2 Å². The summed E-state index contributed by atoms with van der Waals surface area (Å²) in [6.45, 7) is 0. The van der Waals surface area contributed by atoms with Crippen LogP contribution in [0.4, 0.5) is 10.4 Å². The van der Waals surface area contributed by atoms with Crippen LogP contribution in [-0.2, 0) is 11.2 Å². The van der Waals surface area contributed by atoms with Gasteiger partial charge < -0.3 is 14.9 Å². The summed E-state index contributed by atoms with van der Waals surface area (Å²) in [7, 11) is 0. The predicted octanol–water partition coefficient (Wildman–Crippen LogP) is 2.07. The average molecular weight is 303 g/mol. The molecule has 0 aliphatic heterocycles. The molecule has 0 saturated heterocycles. The first-order valence-electron chi connectivity index (χ1n) is 7.14. The number of hydrogen-bond acceptors (Lipinski definition) is 5. The van der Waals surface area contributed by atoms with Gasteiger partial charge in [-0.25, -0.2) is 4.39 Å². The number of nitrogens with one attached hydrogen (secondary N) is 1. The summed E-state index contributed by atoms with van der Waals surface area (Å²) >= 11 is 0. The second-order valence-electron chi connectivity index (χ2n) is 6.05. The van der Waals surface area contributed by atoms with Gasteiger partial charge in [-0.1, -0.05) is 17.3 Å². The Morgan fingerprint density at radius 1 is 1.41 bits per heavy atom. The fourth-order valence-electron chi connectivity index (χ4n) is 3.28. The highest BCUT2D eigenvalue weighted by Crippen LogP contribution is 2.68. The maximum Gasteiger partial charge on any atom is 0.321 e. The van der Waals surface area contributed by atoms with Crippen molar-refractivity contribution in [1.29, 1.82) is 0 Å². The number of aromatic nitrogens is 2. The van der Waals surface area contributed by atoms with Crippen molar-refractivity contribution < 1.29 is 18.8 Å². The first-order valence-corrected chi connectivity index (χ1v) is 7.14. The zero-order chi connectivity index (χ0) is 15.3. The number of carbonyl (C=O) groups is 1. The standard InChI is InChI=1S/C15H14FN3O3/c16-9-3-1-8(2-4-9)5-12-18-14(22-19-12)17-11-7-15(13(20)21)6-10(11)15/h1-4,10-11H,5-7H2,(H,20,21)(H,17,18,19)/t10-,11-,15-/m0/s1. The number of anilines is 1. The van der Waals surface area contributed by atoms with Gasteiger partial charge in [-0.05, 0) is 36.5 Å². The Morgan fingerprint density at radius 2 is 2.18 bits per heavy atom. The van der Waals surface area contributed by atoms with Crippen LogP contribution in [-0.4, -0.2) is 27.3 Å². The van der Waals surface area contributed by atoms with Crippen LogP contribution in [0.15, 0.2) is 28.8 Å². The average Bonchev–Trinajstić information content (AvgIpc) is 2.87. The number of carboxylic acids is 1. The van der Waals surface area contributed by atoms with Gasteiger partial charge in [0.2, 0.25) is 0 Å². The zero-order valence-corrected chi connectivity index (χ0v) is 11.6. The van der Waals surface area contributed by atoms with Gasteiger partial charge in [0.25, 0.3) is 0 Å². The normalized spacial score (nSPS) is 28.6. The Morgan fingerprint density at radius 3 is 2.82 bits per heavy atom. The maximum absolute atomic E-state index is 12.8. The zero-order valence-electron chi connectivity index (χ0n) is 11.6. The molecule has 2 N–H and O–H groups in total. The number of hydrogen-bond donors (Lipinski definition) is 2. The van der Waals surface area contributed by atoms with Gasteiger partial charge in [-0.2, -0.15) is 4.98 Å². The Bertz CT molecular complexity index is 730. The number of rotatable bonds is 5. The Kier molecular flexibility index (Phi) is 2.72. The summed E-state index contributed by atoms with van der Waals surface area (Å²) in [5, 5.41) is 16.1. The maximum atomic E-state index is 12.8. The van der Waals surface area contributed by atoms with Crippen molar-refractivity contribution in [3.05, 3.63) is 41.5 Å². The molecule has 0 unspecified atom stereocenters. The van der Waals surface area contributed by atoms with Crippen LogP contribution in [0.2, 0.25) is 0 Å². The molecule has 2 aliphatic carbocycles. The van der Waals surface area contributed by atoms with Crippen molar-refractivity contribution >= 4 is 12.0 Å². The van der Waals surface area contributed by atoms with Gasteiger partial charge >= 0.3 is 12.0 Å². The first kappa shape index (κ1) is 13.2. The van der Waals surface area contributed by atoms with E-state index in [2.05, 4.69) is 15.5 Å². The molecule has 0 bridgehead atoms. The van der Waals surface area contributed by atoms with Crippen molar-refractivity contribution in [3.63, 3.8) is 0 Å². The van der Waals surface area contributed by atoms with E-state index in [-0.39, 0.29) is 17.8 Å². The van der Waals surface area contributed by atoms with Crippen LogP contribution in [0.3, 0.4) is 0 Å². The van der Waals surface area contributed by atoms with Gasteiger partial charge in [-0.15, -0.1) is 0 Å². The molecular formula is C15H14FN3O3. The van der Waals surface area contributed by atoms with Crippen molar-refractivity contribution in [2.75, 3.05) is 5.32 Å². The fraction of sp³-hybridized carbons (Fsp3) is 0.400. The van der Waals surface area contributed by atoms with Crippen LogP contribution >= 0.6 is 0 Å². The second kappa shape index (κ2) is 4.53. The molecule has 2 saturated carbocycles. The number of nitrogens with zero attached hydrogens (tertiary/aromatic N) is 2. The molecule has 0 spiro atoms. The minimum atomic E-state index is -0.710. The largest absolute Gasteiger partial charge is 0.481 e. The van der Waals surface area contributed by atoms with E-state index < -0.39 is 11.4 Å². The number of fused-ring (bicyclic) bond motifs is 1. The molecule has 1 aromatic carbocycles. The first-order chi connectivity index (χ1) is 10.6. The van der Waals surface area contributed by atoms with Gasteiger partial charge in [-0.3, -0.25) is 4.79 Å². The highest BCUT2D eigenvalue weighted by Gasteiger charge is 2.72. The number of halogens is 1. The molecule has 0 radical (unpaired) electrons. The summed E-state index contributed by atoms with van der Waals surface area (Å²) in [5.41, 5.74) is 0.388. The predicted molar refractivity (Wildman–Crippen MR) is 73.7 cm³/mol. The lowest BCUT2D eigenvalue weighted by Gasteiger charge is -2.31. The van der Waals surface area contributed by atoms with E-state index in [0.29, 0.717) is 24.7 Å². The van der Waals surface area contributed by atoms with E-state index in [1.165, 1.54) is 12.1 Å². The molecule has 114 valence electrons. The van der Waals surface area contributed by atoms with Crippen LogP contribution in [0, 0.1) is 17.2 Å². The van der Waals surface area contributed by atoms with Crippen molar-refractivity contribution in [1.82, 2.24) is 10.1 Å². The van der Waals surface area contributed by atoms with Crippen LogP contribution in [0.5, 0.6) is 0 Å². The quantitative estimate of drug-likeness (QED) is 0.879. The molecule has 0 amide bonds. The SMILES string of the molecule is O=C(O)[C@@]12C[C@H](Nc3nc(Cc4ccc(F)cc4)no3)[C@@H]1C2. The molecule has 2 aliphatic rings. The van der Waals surface area contributed by atoms with Gasteiger partial charge in [0.1, 0.15) is 5.82 Å². The Labute approximate surface area is 125 Å². The summed E-state index contributed by atoms with van der Waals surface area (Å²) in [4.78, 5) is 15.3. The molecule has 6 nitrogen and oxygen atoms in total. The molecule has 1 heterocycles. The molecule has 7 heteroatoms. The molecule has 2 aromatic rings. The van der Waals surface area contributed by atoms with Crippen molar-refractivity contribution in [2.24, 2.45) is 11.3 Å². The monoisotopic (exact) mass is 303 g/mol. The number of benzene rings is 1. The third kappa shape index (κ3) is 2.04. The molecule has 3 atom stereocenters. The Balaban J connectivity index is 1.37. The summed E-state index contributed by atoms with van der Waals surface area (Å²) < 4.78 is 18.0. The van der Waals surface area contributed by atoms with Gasteiger partial charge in [0, 0.05) is 12.5 Å². The molecular weight excluding hydrogens is 289 g/mol. The van der Waals surface area contributed by atoms with E-state index >= 15 is 0 Å². The number of aliphatic carboxylic acids is 1. The molecule has 1 aromatic heterocycles. The van der Waals surface area contributed by atoms with Crippen LogP contribution in [0.1, 0.15) is 24.2 Å². The highest BCUT2D eigenvalue weighted by molar-refractivity contribution is 5.81. The molecule has 4 rings (SSSR count). The van der Waals surface area contributed by atoms with E-state index in [1.807, 2.05) is 0 Å². The summed E-state index contributed by atoms with van der Waals surface area (Å²) in [6, 6.07) is 6.54. The van der Waals surface area contributed by atoms with E-state index in [1.54, 1.807) is 12.1 Å². The summed E-state index contributed by atoms with van der Waals surface area (Å²) in [5.74, 6) is -0.320.